The van der Waals surface area contributed by atoms with E-state index >= 15 is 0 Å². The van der Waals surface area contributed by atoms with Crippen LogP contribution < -0.4 is 0 Å². The van der Waals surface area contributed by atoms with Crippen molar-refractivity contribution in [2.45, 2.75) is 30.3 Å². The van der Waals surface area contributed by atoms with Crippen LogP contribution in [0.25, 0.3) is 0 Å². The highest BCUT2D eigenvalue weighted by molar-refractivity contribution is 7.99. The first-order chi connectivity index (χ1) is 12.0. The highest BCUT2D eigenvalue weighted by atomic mass is 32.2. The van der Waals surface area contributed by atoms with E-state index in [1.54, 1.807) is 11.8 Å². The highest BCUT2D eigenvalue weighted by Gasteiger charge is 2.32. The average Bonchev–Trinajstić information content (AvgIpc) is 3.14. The molecule has 1 atom stereocenters. The van der Waals surface area contributed by atoms with Crippen molar-refractivity contribution in [2.75, 3.05) is 43.6 Å². The van der Waals surface area contributed by atoms with E-state index in [0.717, 1.165) is 23.2 Å². The van der Waals surface area contributed by atoms with E-state index in [1.807, 2.05) is 16.5 Å². The normalized spacial score (nSPS) is 23.1. The molecule has 1 amide bonds. The number of carbonyl (C=O) groups excluding carboxylic acids is 1. The Morgan fingerprint density at radius 1 is 1.32 bits per heavy atom. The minimum atomic E-state index is -2.93. The fraction of sp³-hybridized carbons (Fsp3) is 0.800. The Morgan fingerprint density at radius 3 is 2.76 bits per heavy atom. The van der Waals surface area contributed by atoms with Gasteiger partial charge in [-0.2, -0.15) is 0 Å². The molecular formula is C15H24N4O4S2. The Hall–Kier alpha value is -1.13. The van der Waals surface area contributed by atoms with Crippen molar-refractivity contribution >= 4 is 27.5 Å². The second kappa shape index (κ2) is 8.05. The van der Waals surface area contributed by atoms with Crippen molar-refractivity contribution in [1.82, 2.24) is 19.7 Å². The maximum absolute atomic E-state index is 12.1. The molecule has 0 N–H and O–H groups in total. The summed E-state index contributed by atoms with van der Waals surface area (Å²) in [6, 6.07) is 0. The molecule has 0 aromatic carbocycles. The van der Waals surface area contributed by atoms with Crippen molar-refractivity contribution in [2.24, 2.45) is 7.05 Å². The molecule has 3 rings (SSSR count). The summed E-state index contributed by atoms with van der Waals surface area (Å²) >= 11 is 1.56. The first-order valence-electron chi connectivity index (χ1n) is 8.54. The first kappa shape index (κ1) is 18.7. The van der Waals surface area contributed by atoms with Gasteiger partial charge in [-0.3, -0.25) is 4.79 Å². The molecule has 2 saturated heterocycles. The zero-order valence-electron chi connectivity index (χ0n) is 14.4. The molecule has 0 unspecified atom stereocenters. The van der Waals surface area contributed by atoms with Gasteiger partial charge in [-0.05, 0) is 12.8 Å². The van der Waals surface area contributed by atoms with Gasteiger partial charge in [0, 0.05) is 38.2 Å². The van der Waals surface area contributed by atoms with Crippen LogP contribution in [0.2, 0.25) is 0 Å². The second-order valence-corrected chi connectivity index (χ2v) is 9.74. The molecule has 0 saturated carbocycles. The zero-order chi connectivity index (χ0) is 17.9. The molecule has 2 aliphatic heterocycles. The standard InChI is InChI=1S/C15H24N4O4S2/c1-18-14(12-4-10-25(21,22)11-12)16-17-15(18)24-9-2-3-13(20)19-5-7-23-8-6-19/h12H,2-11H2,1H3/t12-/m0/s1. The van der Waals surface area contributed by atoms with Gasteiger partial charge >= 0.3 is 0 Å². The van der Waals surface area contributed by atoms with Crippen LogP contribution in [-0.4, -0.2) is 77.6 Å². The van der Waals surface area contributed by atoms with Crippen LogP contribution in [-0.2, 0) is 26.4 Å². The van der Waals surface area contributed by atoms with Crippen molar-refractivity contribution in [3.05, 3.63) is 5.82 Å². The number of nitrogens with zero attached hydrogens (tertiary/aromatic N) is 4. The number of rotatable bonds is 6. The lowest BCUT2D eigenvalue weighted by Crippen LogP contribution is -2.40. The second-order valence-electron chi connectivity index (χ2n) is 6.44. The average molecular weight is 389 g/mol. The molecule has 0 radical (unpaired) electrons. The monoisotopic (exact) mass is 388 g/mol. The summed E-state index contributed by atoms with van der Waals surface area (Å²) in [4.78, 5) is 13.9. The maximum atomic E-state index is 12.1. The van der Waals surface area contributed by atoms with Gasteiger partial charge in [0.05, 0.1) is 24.7 Å². The summed E-state index contributed by atoms with van der Waals surface area (Å²) in [6.45, 7) is 2.62. The number of hydrogen-bond donors (Lipinski definition) is 0. The van der Waals surface area contributed by atoms with Gasteiger partial charge in [0.15, 0.2) is 15.0 Å². The fourth-order valence-corrected chi connectivity index (χ4v) is 5.76. The van der Waals surface area contributed by atoms with Gasteiger partial charge in [0.25, 0.3) is 0 Å². The van der Waals surface area contributed by atoms with Crippen LogP contribution in [0.15, 0.2) is 5.16 Å². The van der Waals surface area contributed by atoms with Crippen LogP contribution in [0.4, 0.5) is 0 Å². The van der Waals surface area contributed by atoms with Crippen LogP contribution in [0.3, 0.4) is 0 Å². The van der Waals surface area contributed by atoms with E-state index < -0.39 is 9.84 Å². The molecule has 25 heavy (non-hydrogen) atoms. The molecule has 140 valence electrons. The third kappa shape index (κ3) is 4.73. The Kier molecular flexibility index (Phi) is 6.00. The predicted octanol–water partition coefficient (Wildman–Crippen LogP) is 0.448. The Bertz CT molecular complexity index is 713. The van der Waals surface area contributed by atoms with E-state index in [0.29, 0.717) is 39.1 Å². The van der Waals surface area contributed by atoms with Gasteiger partial charge in [0.1, 0.15) is 5.82 Å². The zero-order valence-corrected chi connectivity index (χ0v) is 16.0. The number of thioether (sulfide) groups is 1. The van der Waals surface area contributed by atoms with Gasteiger partial charge in [-0.1, -0.05) is 11.8 Å². The molecule has 3 heterocycles. The van der Waals surface area contributed by atoms with Crippen molar-refractivity contribution in [3.63, 3.8) is 0 Å². The smallest absolute Gasteiger partial charge is 0.222 e. The molecule has 1 aromatic heterocycles. The lowest BCUT2D eigenvalue weighted by Gasteiger charge is -2.26. The molecular weight excluding hydrogens is 364 g/mol. The summed E-state index contributed by atoms with van der Waals surface area (Å²) in [5.74, 6) is 2.05. The predicted molar refractivity (Wildman–Crippen MR) is 94.4 cm³/mol. The van der Waals surface area contributed by atoms with Gasteiger partial charge < -0.3 is 14.2 Å². The molecule has 0 spiro atoms. The molecule has 0 bridgehead atoms. The summed E-state index contributed by atoms with van der Waals surface area (Å²) in [5.41, 5.74) is 0. The topological polar surface area (TPSA) is 94.4 Å². The summed E-state index contributed by atoms with van der Waals surface area (Å²) in [5, 5.41) is 9.15. The number of sulfone groups is 1. The Morgan fingerprint density at radius 2 is 2.08 bits per heavy atom. The lowest BCUT2D eigenvalue weighted by molar-refractivity contribution is -0.135. The van der Waals surface area contributed by atoms with Gasteiger partial charge in [-0.15, -0.1) is 10.2 Å². The third-order valence-corrected chi connectivity index (χ3v) is 7.47. The number of ether oxygens (including phenoxy) is 1. The number of carbonyl (C=O) groups is 1. The van der Waals surface area contributed by atoms with Crippen molar-refractivity contribution in [3.8, 4) is 0 Å². The van der Waals surface area contributed by atoms with E-state index in [2.05, 4.69) is 10.2 Å². The SMILES string of the molecule is Cn1c(SCCCC(=O)N2CCOCC2)nnc1[C@H]1CCS(=O)(=O)C1. The minimum Gasteiger partial charge on any atom is -0.378 e. The van der Waals surface area contributed by atoms with Crippen molar-refractivity contribution in [1.29, 1.82) is 0 Å². The van der Waals surface area contributed by atoms with E-state index in [1.165, 1.54) is 0 Å². The summed E-state index contributed by atoms with van der Waals surface area (Å²) in [6.07, 6.45) is 1.92. The van der Waals surface area contributed by atoms with Crippen LogP contribution >= 0.6 is 11.8 Å². The van der Waals surface area contributed by atoms with Gasteiger partial charge in [-0.25, -0.2) is 8.42 Å². The maximum Gasteiger partial charge on any atom is 0.222 e. The number of amides is 1. The molecule has 8 nitrogen and oxygen atoms in total. The Labute approximate surface area is 152 Å². The van der Waals surface area contributed by atoms with Crippen LogP contribution in [0.1, 0.15) is 31.0 Å². The largest absolute Gasteiger partial charge is 0.378 e. The summed E-state index contributed by atoms with van der Waals surface area (Å²) in [7, 11) is -1.05. The minimum absolute atomic E-state index is 0.0558. The van der Waals surface area contributed by atoms with Crippen LogP contribution in [0, 0.1) is 0 Å². The lowest BCUT2D eigenvalue weighted by atomic mass is 10.1. The molecule has 10 heteroatoms. The number of morpholine rings is 1. The quantitative estimate of drug-likeness (QED) is 0.516. The molecule has 1 aromatic rings. The highest BCUT2D eigenvalue weighted by Crippen LogP contribution is 2.29. The van der Waals surface area contributed by atoms with E-state index in [-0.39, 0.29) is 23.3 Å². The van der Waals surface area contributed by atoms with Gasteiger partial charge in [0.2, 0.25) is 5.91 Å². The molecule has 2 fully saturated rings. The van der Waals surface area contributed by atoms with Crippen molar-refractivity contribution < 1.29 is 17.9 Å². The fourth-order valence-electron chi connectivity index (χ4n) is 3.16. The van der Waals surface area contributed by atoms with Crippen LogP contribution in [0.5, 0.6) is 0 Å². The summed E-state index contributed by atoms with van der Waals surface area (Å²) < 4.78 is 30.4. The first-order valence-corrected chi connectivity index (χ1v) is 11.3. The number of aromatic nitrogens is 3. The Balaban J connectivity index is 1.45. The van der Waals surface area contributed by atoms with E-state index in [4.69, 9.17) is 4.74 Å². The molecule has 2 aliphatic rings. The molecule has 0 aliphatic carbocycles. The van der Waals surface area contributed by atoms with E-state index in [9.17, 15) is 13.2 Å². The number of hydrogen-bond acceptors (Lipinski definition) is 7. The third-order valence-electron chi connectivity index (χ3n) is 4.60.